The first-order valence-corrected chi connectivity index (χ1v) is 7.27. The average molecular weight is 223 g/mol. The van der Waals surface area contributed by atoms with Gasteiger partial charge in [-0.2, -0.15) is 0 Å². The van der Waals surface area contributed by atoms with E-state index < -0.39 is 0 Å². The van der Waals surface area contributed by atoms with Gasteiger partial charge in [0.15, 0.2) is 0 Å². The summed E-state index contributed by atoms with van der Waals surface area (Å²) in [5.41, 5.74) is 0.752. The van der Waals surface area contributed by atoms with Gasteiger partial charge in [0.25, 0.3) is 0 Å². The highest BCUT2D eigenvalue weighted by molar-refractivity contribution is 5.08. The van der Waals surface area contributed by atoms with Gasteiger partial charge >= 0.3 is 0 Å². The molecule has 1 spiro atoms. The van der Waals surface area contributed by atoms with E-state index >= 15 is 0 Å². The molecule has 4 unspecified atom stereocenters. The average Bonchev–Trinajstić information content (AvgIpc) is 2.89. The second-order valence-corrected chi connectivity index (χ2v) is 6.84. The molecule has 2 aliphatic carbocycles. The fourth-order valence-corrected chi connectivity index (χ4v) is 3.88. The second-order valence-electron chi connectivity index (χ2n) is 6.84. The largest absolute Gasteiger partial charge is 0.316 e. The number of hydrogen-bond acceptors (Lipinski definition) is 1. The molecule has 2 fully saturated rings. The Labute approximate surface area is 101 Å². The highest BCUT2D eigenvalue weighted by Crippen LogP contribution is 2.64. The number of rotatable bonds is 4. The highest BCUT2D eigenvalue weighted by atomic mass is 14.9. The molecule has 2 aliphatic rings. The maximum atomic E-state index is 3.65. The lowest BCUT2D eigenvalue weighted by atomic mass is 9.70. The molecule has 0 heterocycles. The summed E-state index contributed by atoms with van der Waals surface area (Å²) < 4.78 is 0. The van der Waals surface area contributed by atoms with Gasteiger partial charge in [-0.1, -0.05) is 40.5 Å². The van der Waals surface area contributed by atoms with Crippen molar-refractivity contribution < 1.29 is 0 Å². The number of hydrogen-bond donors (Lipinski definition) is 1. The van der Waals surface area contributed by atoms with Crippen molar-refractivity contribution in [1.82, 2.24) is 5.32 Å². The number of nitrogens with one attached hydrogen (secondary N) is 1. The van der Waals surface area contributed by atoms with Crippen LogP contribution in [0.15, 0.2) is 0 Å². The molecule has 2 saturated carbocycles. The second kappa shape index (κ2) is 4.68. The van der Waals surface area contributed by atoms with Crippen LogP contribution in [-0.4, -0.2) is 13.1 Å². The van der Waals surface area contributed by atoms with Gasteiger partial charge in [-0.3, -0.25) is 0 Å². The van der Waals surface area contributed by atoms with Crippen molar-refractivity contribution in [2.75, 3.05) is 13.1 Å². The van der Waals surface area contributed by atoms with Gasteiger partial charge in [0, 0.05) is 0 Å². The summed E-state index contributed by atoms with van der Waals surface area (Å²) >= 11 is 0. The van der Waals surface area contributed by atoms with E-state index in [1.807, 2.05) is 0 Å². The van der Waals surface area contributed by atoms with Crippen LogP contribution >= 0.6 is 0 Å². The van der Waals surface area contributed by atoms with E-state index in [4.69, 9.17) is 0 Å². The van der Waals surface area contributed by atoms with E-state index in [-0.39, 0.29) is 0 Å². The van der Waals surface area contributed by atoms with Crippen molar-refractivity contribution >= 4 is 0 Å². The minimum atomic E-state index is 0.752. The third-order valence-corrected chi connectivity index (χ3v) is 5.28. The molecule has 0 aromatic heterocycles. The zero-order valence-electron chi connectivity index (χ0n) is 11.6. The molecule has 0 amide bonds. The van der Waals surface area contributed by atoms with Crippen LogP contribution in [0.5, 0.6) is 0 Å². The smallest absolute Gasteiger partial charge is 0.00148 e. The quantitative estimate of drug-likeness (QED) is 0.766. The summed E-state index contributed by atoms with van der Waals surface area (Å²) in [6.07, 6.45) is 5.96. The van der Waals surface area contributed by atoms with E-state index in [2.05, 4.69) is 33.0 Å². The molecule has 1 heteroatoms. The van der Waals surface area contributed by atoms with Gasteiger partial charge < -0.3 is 5.32 Å². The predicted molar refractivity (Wildman–Crippen MR) is 70.4 cm³/mol. The van der Waals surface area contributed by atoms with E-state index in [1.54, 1.807) is 0 Å². The Morgan fingerprint density at radius 2 is 2.06 bits per heavy atom. The molecule has 1 N–H and O–H groups in total. The summed E-state index contributed by atoms with van der Waals surface area (Å²) in [5, 5.41) is 3.65. The molecule has 0 aromatic carbocycles. The van der Waals surface area contributed by atoms with Crippen molar-refractivity contribution in [2.24, 2.45) is 29.1 Å². The summed E-state index contributed by atoms with van der Waals surface area (Å²) in [6.45, 7) is 12.0. The van der Waals surface area contributed by atoms with Crippen LogP contribution in [0.3, 0.4) is 0 Å². The van der Waals surface area contributed by atoms with E-state index in [0.29, 0.717) is 0 Å². The zero-order valence-corrected chi connectivity index (χ0v) is 11.6. The molecular formula is C15H29N. The normalized spacial score (nSPS) is 42.9. The van der Waals surface area contributed by atoms with Gasteiger partial charge in [0.2, 0.25) is 0 Å². The lowest BCUT2D eigenvalue weighted by molar-refractivity contribution is 0.144. The van der Waals surface area contributed by atoms with Crippen LogP contribution in [0, 0.1) is 29.1 Å². The molecule has 0 aliphatic heterocycles. The van der Waals surface area contributed by atoms with E-state index in [0.717, 1.165) is 29.1 Å². The maximum Gasteiger partial charge on any atom is -0.00148 e. The molecular weight excluding hydrogens is 194 g/mol. The molecule has 0 aromatic rings. The Morgan fingerprint density at radius 1 is 1.31 bits per heavy atom. The van der Waals surface area contributed by atoms with Crippen molar-refractivity contribution in [2.45, 2.75) is 53.4 Å². The first-order valence-electron chi connectivity index (χ1n) is 7.27. The van der Waals surface area contributed by atoms with Gasteiger partial charge in [0.1, 0.15) is 0 Å². The summed E-state index contributed by atoms with van der Waals surface area (Å²) in [4.78, 5) is 0. The van der Waals surface area contributed by atoms with Crippen LogP contribution in [0.25, 0.3) is 0 Å². The van der Waals surface area contributed by atoms with Gasteiger partial charge in [0.05, 0.1) is 0 Å². The SMILES string of the molecule is CC(C)CNCC1CC12CCCC(C)C2C. The predicted octanol–water partition coefficient (Wildman–Crippen LogP) is 3.69. The summed E-state index contributed by atoms with van der Waals surface area (Å²) in [5.74, 6) is 3.71. The molecule has 0 saturated heterocycles. The maximum absolute atomic E-state index is 3.65. The Balaban J connectivity index is 1.79. The Morgan fingerprint density at radius 3 is 2.75 bits per heavy atom. The van der Waals surface area contributed by atoms with Crippen molar-refractivity contribution in [3.8, 4) is 0 Å². The third kappa shape index (κ3) is 2.30. The first-order chi connectivity index (χ1) is 7.56. The van der Waals surface area contributed by atoms with Crippen molar-refractivity contribution in [1.29, 1.82) is 0 Å². The standard InChI is InChI=1S/C15H29N/c1-11(2)9-16-10-14-8-15(14)7-5-6-12(3)13(15)4/h11-14,16H,5-10H2,1-4H3. The fourth-order valence-electron chi connectivity index (χ4n) is 3.88. The van der Waals surface area contributed by atoms with Crippen LogP contribution in [0.1, 0.15) is 53.4 Å². The van der Waals surface area contributed by atoms with Gasteiger partial charge in [-0.25, -0.2) is 0 Å². The fraction of sp³-hybridized carbons (Fsp3) is 1.00. The minimum Gasteiger partial charge on any atom is -0.316 e. The Hall–Kier alpha value is -0.0400. The lowest BCUT2D eigenvalue weighted by Gasteiger charge is -2.35. The Bertz CT molecular complexity index is 236. The molecule has 4 atom stereocenters. The summed E-state index contributed by atoms with van der Waals surface area (Å²) in [6, 6.07) is 0. The molecule has 2 rings (SSSR count). The summed E-state index contributed by atoms with van der Waals surface area (Å²) in [7, 11) is 0. The van der Waals surface area contributed by atoms with Crippen LogP contribution in [0.4, 0.5) is 0 Å². The van der Waals surface area contributed by atoms with Crippen LogP contribution in [0.2, 0.25) is 0 Å². The van der Waals surface area contributed by atoms with E-state index in [9.17, 15) is 0 Å². The molecule has 16 heavy (non-hydrogen) atoms. The minimum absolute atomic E-state index is 0.752. The third-order valence-electron chi connectivity index (χ3n) is 5.28. The first kappa shape index (κ1) is 12.4. The van der Waals surface area contributed by atoms with Crippen LogP contribution in [-0.2, 0) is 0 Å². The topological polar surface area (TPSA) is 12.0 Å². The highest BCUT2D eigenvalue weighted by Gasteiger charge is 2.58. The zero-order chi connectivity index (χ0) is 11.8. The monoisotopic (exact) mass is 223 g/mol. The Kier molecular flexibility index (Phi) is 3.63. The lowest BCUT2D eigenvalue weighted by Crippen LogP contribution is -2.30. The van der Waals surface area contributed by atoms with Crippen molar-refractivity contribution in [3.05, 3.63) is 0 Å². The molecule has 0 bridgehead atoms. The van der Waals surface area contributed by atoms with Gasteiger partial charge in [-0.15, -0.1) is 0 Å². The van der Waals surface area contributed by atoms with E-state index in [1.165, 1.54) is 38.8 Å². The molecule has 0 radical (unpaired) electrons. The molecule has 1 nitrogen and oxygen atoms in total. The van der Waals surface area contributed by atoms with Gasteiger partial charge in [-0.05, 0) is 55.0 Å². The van der Waals surface area contributed by atoms with Crippen molar-refractivity contribution in [3.63, 3.8) is 0 Å². The molecule has 94 valence electrons. The van der Waals surface area contributed by atoms with Crippen LogP contribution < -0.4 is 5.32 Å².